The van der Waals surface area contributed by atoms with Gasteiger partial charge in [0.25, 0.3) is 5.97 Å². The van der Waals surface area contributed by atoms with Crippen molar-refractivity contribution >= 4 is 5.97 Å². The molecule has 0 radical (unpaired) electrons. The smallest absolute Gasteiger partial charge is 0.300 e. The van der Waals surface area contributed by atoms with Gasteiger partial charge < -0.3 is 9.84 Å². The molecule has 0 spiro atoms. The minimum Gasteiger partial charge on any atom is -0.481 e. The summed E-state index contributed by atoms with van der Waals surface area (Å²) in [5, 5.41) is 7.42. The molecule has 44 valence electrons. The predicted molar refractivity (Wildman–Crippen MR) is 26.2 cm³/mol. The lowest BCUT2D eigenvalue weighted by atomic mass is 10.9. The number of carbonyl (C=O) groups is 1. The summed E-state index contributed by atoms with van der Waals surface area (Å²) in [5.74, 6) is -0.833. The van der Waals surface area contributed by atoms with Crippen LogP contribution in [0.2, 0.25) is 0 Å². The number of methoxy groups -OCH3 is 1. The second-order valence-corrected chi connectivity index (χ2v) is 0.927. The average Bonchev–Trinajstić information content (AvgIpc) is 1.33. The quantitative estimate of drug-likeness (QED) is 0.484. The minimum atomic E-state index is -0.833. The third-order valence-corrected chi connectivity index (χ3v) is 0. The lowest BCUT2D eigenvalue weighted by Gasteiger charge is -1.61. The van der Waals surface area contributed by atoms with Crippen molar-refractivity contribution in [2.24, 2.45) is 0 Å². The topological polar surface area (TPSA) is 46.5 Å². The number of hydrogen-bond donors (Lipinski definition) is 1. The zero-order valence-electron chi connectivity index (χ0n) is 4.76. The lowest BCUT2D eigenvalue weighted by molar-refractivity contribution is -0.134. The lowest BCUT2D eigenvalue weighted by Crippen LogP contribution is -1.78. The van der Waals surface area contributed by atoms with Crippen LogP contribution in [-0.2, 0) is 9.53 Å². The van der Waals surface area contributed by atoms with E-state index < -0.39 is 5.97 Å². The van der Waals surface area contributed by atoms with Crippen LogP contribution in [-0.4, -0.2) is 25.3 Å². The Balaban J connectivity index is 0. The molecular formula is C4H10O3. The monoisotopic (exact) mass is 106 g/mol. The van der Waals surface area contributed by atoms with Crippen LogP contribution in [0.1, 0.15) is 6.92 Å². The minimum absolute atomic E-state index is 0.833. The summed E-state index contributed by atoms with van der Waals surface area (Å²) in [6, 6.07) is 0. The van der Waals surface area contributed by atoms with Crippen molar-refractivity contribution in [3.05, 3.63) is 0 Å². The van der Waals surface area contributed by atoms with E-state index in [9.17, 15) is 0 Å². The highest BCUT2D eigenvalue weighted by molar-refractivity contribution is 5.62. The Morgan fingerprint density at radius 3 is 1.57 bits per heavy atom. The molecule has 0 aromatic heterocycles. The first-order chi connectivity index (χ1) is 3.15. The van der Waals surface area contributed by atoms with Crippen molar-refractivity contribution < 1.29 is 14.6 Å². The Morgan fingerprint density at radius 2 is 1.57 bits per heavy atom. The molecule has 0 fully saturated rings. The van der Waals surface area contributed by atoms with E-state index in [1.165, 1.54) is 0 Å². The summed E-state index contributed by atoms with van der Waals surface area (Å²) in [6.07, 6.45) is 0. The molecule has 0 aliphatic rings. The second kappa shape index (κ2) is 9.06. The Kier molecular flexibility index (Phi) is 12.5. The van der Waals surface area contributed by atoms with Crippen LogP contribution in [0.15, 0.2) is 0 Å². The highest BCUT2D eigenvalue weighted by Crippen LogP contribution is 1.42. The van der Waals surface area contributed by atoms with E-state index in [0.717, 1.165) is 6.92 Å². The van der Waals surface area contributed by atoms with Crippen molar-refractivity contribution in [1.29, 1.82) is 0 Å². The van der Waals surface area contributed by atoms with Crippen molar-refractivity contribution in [3.8, 4) is 0 Å². The summed E-state index contributed by atoms with van der Waals surface area (Å²) in [5.41, 5.74) is 0. The van der Waals surface area contributed by atoms with Gasteiger partial charge in [0.2, 0.25) is 0 Å². The zero-order chi connectivity index (χ0) is 6.28. The average molecular weight is 106 g/mol. The summed E-state index contributed by atoms with van der Waals surface area (Å²) in [6.45, 7) is 1.08. The van der Waals surface area contributed by atoms with Gasteiger partial charge in [0.05, 0.1) is 0 Å². The number of aliphatic carboxylic acids is 1. The molecule has 0 aromatic carbocycles. The predicted octanol–water partition coefficient (Wildman–Crippen LogP) is 0.353. The molecule has 0 unspecified atom stereocenters. The van der Waals surface area contributed by atoms with Gasteiger partial charge in [-0.2, -0.15) is 0 Å². The Bertz CT molecular complexity index is 38.2. The van der Waals surface area contributed by atoms with Crippen molar-refractivity contribution in [1.82, 2.24) is 0 Å². The summed E-state index contributed by atoms with van der Waals surface area (Å²) >= 11 is 0. The molecule has 0 bridgehead atoms. The van der Waals surface area contributed by atoms with Gasteiger partial charge in [-0.05, 0) is 0 Å². The summed E-state index contributed by atoms with van der Waals surface area (Å²) in [4.78, 5) is 9.00. The highest BCUT2D eigenvalue weighted by Gasteiger charge is 1.65. The van der Waals surface area contributed by atoms with E-state index in [0.29, 0.717) is 0 Å². The van der Waals surface area contributed by atoms with E-state index in [4.69, 9.17) is 9.90 Å². The molecule has 0 heterocycles. The van der Waals surface area contributed by atoms with Gasteiger partial charge in [0.1, 0.15) is 0 Å². The molecule has 0 aromatic rings. The SMILES string of the molecule is CC(=O)O.COC. The van der Waals surface area contributed by atoms with Gasteiger partial charge in [0, 0.05) is 21.1 Å². The Hall–Kier alpha value is -0.570. The molecular weight excluding hydrogens is 96.0 g/mol. The maximum atomic E-state index is 9.00. The molecule has 0 atom stereocenters. The molecule has 0 saturated heterocycles. The first kappa shape index (κ1) is 9.66. The molecule has 0 saturated carbocycles. The third-order valence-electron chi connectivity index (χ3n) is 0. The number of carboxylic acids is 1. The number of rotatable bonds is 0. The molecule has 1 N–H and O–H groups in total. The van der Waals surface area contributed by atoms with Crippen LogP contribution in [0.3, 0.4) is 0 Å². The summed E-state index contributed by atoms with van der Waals surface area (Å²) in [7, 11) is 3.25. The fraction of sp³-hybridized carbons (Fsp3) is 0.750. The van der Waals surface area contributed by atoms with Crippen molar-refractivity contribution in [2.75, 3.05) is 14.2 Å². The van der Waals surface area contributed by atoms with Gasteiger partial charge in [-0.25, -0.2) is 0 Å². The molecule has 7 heavy (non-hydrogen) atoms. The standard InChI is InChI=1S/C2H4O2.C2H6O/c1-2(3)4;1-3-2/h1H3,(H,3,4);1-2H3. The van der Waals surface area contributed by atoms with E-state index in [1.54, 1.807) is 14.2 Å². The van der Waals surface area contributed by atoms with E-state index in [1.807, 2.05) is 0 Å². The number of carboxylic acid groups (broad SMARTS) is 1. The van der Waals surface area contributed by atoms with Crippen molar-refractivity contribution in [2.45, 2.75) is 6.92 Å². The molecule has 0 aliphatic heterocycles. The van der Waals surface area contributed by atoms with Gasteiger partial charge in [-0.15, -0.1) is 0 Å². The third kappa shape index (κ3) is 197. The molecule has 0 aliphatic carbocycles. The van der Waals surface area contributed by atoms with E-state index in [2.05, 4.69) is 4.74 Å². The summed E-state index contributed by atoms with van der Waals surface area (Å²) < 4.78 is 4.25. The fourth-order valence-corrected chi connectivity index (χ4v) is 0. The second-order valence-electron chi connectivity index (χ2n) is 0.927. The maximum Gasteiger partial charge on any atom is 0.300 e. The van der Waals surface area contributed by atoms with E-state index >= 15 is 0 Å². The van der Waals surface area contributed by atoms with E-state index in [-0.39, 0.29) is 0 Å². The molecule has 3 nitrogen and oxygen atoms in total. The number of hydrogen-bond acceptors (Lipinski definition) is 2. The maximum absolute atomic E-state index is 9.00. The number of ether oxygens (including phenoxy) is 1. The van der Waals surface area contributed by atoms with Gasteiger partial charge in [0.15, 0.2) is 0 Å². The first-order valence-corrected chi connectivity index (χ1v) is 1.74. The van der Waals surface area contributed by atoms with Crippen molar-refractivity contribution in [3.63, 3.8) is 0 Å². The highest BCUT2D eigenvalue weighted by atomic mass is 16.4. The van der Waals surface area contributed by atoms with Gasteiger partial charge in [-0.1, -0.05) is 0 Å². The van der Waals surface area contributed by atoms with Gasteiger partial charge in [-0.3, -0.25) is 4.79 Å². The zero-order valence-corrected chi connectivity index (χ0v) is 4.76. The van der Waals surface area contributed by atoms with Crippen LogP contribution >= 0.6 is 0 Å². The van der Waals surface area contributed by atoms with Crippen LogP contribution in [0.5, 0.6) is 0 Å². The van der Waals surface area contributed by atoms with Crippen LogP contribution in [0.25, 0.3) is 0 Å². The molecule has 0 rings (SSSR count). The normalized spacial score (nSPS) is 6.14. The molecule has 3 heteroatoms. The van der Waals surface area contributed by atoms with Gasteiger partial charge >= 0.3 is 0 Å². The Labute approximate surface area is 42.9 Å². The Morgan fingerprint density at radius 1 is 1.57 bits per heavy atom. The first-order valence-electron chi connectivity index (χ1n) is 1.74. The van der Waals surface area contributed by atoms with Crippen LogP contribution < -0.4 is 0 Å². The van der Waals surface area contributed by atoms with Crippen LogP contribution in [0.4, 0.5) is 0 Å². The molecule has 0 amide bonds. The largest absolute Gasteiger partial charge is 0.481 e. The fourth-order valence-electron chi connectivity index (χ4n) is 0. The van der Waals surface area contributed by atoms with Crippen LogP contribution in [0, 0.1) is 0 Å².